The summed E-state index contributed by atoms with van der Waals surface area (Å²) in [4.78, 5) is 0. The molecule has 0 aliphatic heterocycles. The molecule has 0 spiro atoms. The molecule has 2 N–H and O–H groups in total. The van der Waals surface area contributed by atoms with Crippen LogP contribution in [0.15, 0.2) is 0 Å². The molecule has 0 aromatic carbocycles. The SMILES string of the molecule is O.[GaH3].[InH3].[Ti].[Zn]. The Morgan fingerprint density at radius 1 is 1.00 bits per heavy atom. The van der Waals surface area contributed by atoms with Gasteiger partial charge in [-0.3, -0.25) is 0 Å². The first-order chi connectivity index (χ1) is 0. The maximum absolute atomic E-state index is 0. The molecule has 0 saturated carbocycles. The Labute approximate surface area is 90.8 Å². The summed E-state index contributed by atoms with van der Waals surface area (Å²) >= 11 is 0. The Morgan fingerprint density at radius 2 is 1.00 bits per heavy atom. The summed E-state index contributed by atoms with van der Waals surface area (Å²) in [6.07, 6.45) is 0. The van der Waals surface area contributed by atoms with Crippen LogP contribution in [0.2, 0.25) is 0 Å². The van der Waals surface area contributed by atoms with E-state index in [2.05, 4.69) is 0 Å². The normalized spacial score (nSPS) is 0. The van der Waals surface area contributed by atoms with Crippen molar-refractivity contribution in [1.29, 1.82) is 0 Å². The van der Waals surface area contributed by atoms with E-state index in [1.165, 1.54) is 0 Å². The molecule has 0 amide bonds. The van der Waals surface area contributed by atoms with Crippen LogP contribution in [0.5, 0.6) is 0 Å². The van der Waals surface area contributed by atoms with Gasteiger partial charge in [0, 0.05) is 41.2 Å². The van der Waals surface area contributed by atoms with Gasteiger partial charge in [-0.05, 0) is 0 Å². The van der Waals surface area contributed by atoms with Crippen LogP contribution in [-0.2, 0) is 41.2 Å². The van der Waals surface area contributed by atoms with E-state index in [1.54, 1.807) is 0 Å². The molecular formula is H8GaInOTiZn. The average Bonchev–Trinajstić information content (AvgIpc) is 0. The van der Waals surface area contributed by atoms with Gasteiger partial charge < -0.3 is 5.48 Å². The molecular weight excluding hydrogens is 314 g/mol. The largest absolute Gasteiger partial charge is 0 e. The molecule has 1 nitrogen and oxygen atoms in total. The molecule has 0 bridgehead atoms. The van der Waals surface area contributed by atoms with E-state index in [1.807, 2.05) is 0 Å². The van der Waals surface area contributed by atoms with Crippen molar-refractivity contribution in [3.8, 4) is 0 Å². The van der Waals surface area contributed by atoms with E-state index in [9.17, 15) is 0 Å². The molecule has 0 saturated heterocycles. The van der Waals surface area contributed by atoms with Gasteiger partial charge >= 0.3 is 45.6 Å². The molecule has 26 valence electrons. The fraction of sp³-hybridized carbons (Fsp3) is 0. The third-order valence-electron chi connectivity index (χ3n) is 0. The fourth-order valence-electron chi connectivity index (χ4n) is 0. The van der Waals surface area contributed by atoms with Gasteiger partial charge in [0.2, 0.25) is 0 Å². The molecule has 0 fully saturated rings. The van der Waals surface area contributed by atoms with Crippen molar-refractivity contribution < 1.29 is 46.7 Å². The first-order valence-corrected chi connectivity index (χ1v) is 0. The van der Waals surface area contributed by atoms with Gasteiger partial charge in [0.1, 0.15) is 0 Å². The van der Waals surface area contributed by atoms with Crippen molar-refractivity contribution in [2.24, 2.45) is 0 Å². The smallest absolute Gasteiger partial charge is 0 e. The summed E-state index contributed by atoms with van der Waals surface area (Å²) in [6, 6.07) is 0. The quantitative estimate of drug-likeness (QED) is 0.421. The molecule has 5 heavy (non-hydrogen) atoms. The third-order valence-corrected chi connectivity index (χ3v) is 0. The Morgan fingerprint density at radius 3 is 1.00 bits per heavy atom. The van der Waals surface area contributed by atoms with Crippen LogP contribution in [0.3, 0.4) is 0 Å². The molecule has 0 heterocycles. The first-order valence-electron chi connectivity index (χ1n) is 0. The topological polar surface area (TPSA) is 31.5 Å². The predicted molar refractivity (Wildman–Crippen MR) is 23.5 cm³/mol. The van der Waals surface area contributed by atoms with Crippen LogP contribution in [0.4, 0.5) is 0 Å². The van der Waals surface area contributed by atoms with Gasteiger partial charge in [-0.1, -0.05) is 0 Å². The monoisotopic (exact) mass is 320 g/mol. The number of hydrogen-bond donors (Lipinski definition) is 0. The minimum atomic E-state index is 0. The van der Waals surface area contributed by atoms with Crippen LogP contribution < -0.4 is 0 Å². The van der Waals surface area contributed by atoms with E-state index in [0.29, 0.717) is 0 Å². The minimum Gasteiger partial charge on any atom is 0 e. The maximum Gasteiger partial charge on any atom is 0 e. The molecule has 5 heteroatoms. The fourth-order valence-corrected chi connectivity index (χ4v) is 0. The molecule has 0 radical (unpaired) electrons. The standard InChI is InChI=1S/Ga.In.H2O.Ti.Zn.6H/h;;1H2;;;;;;;;. The van der Waals surface area contributed by atoms with Crippen molar-refractivity contribution in [2.45, 2.75) is 0 Å². The Kier molecular flexibility index (Phi) is 268. The van der Waals surface area contributed by atoms with E-state index >= 15 is 0 Å². The van der Waals surface area contributed by atoms with Gasteiger partial charge in [0.15, 0.2) is 0 Å². The second kappa shape index (κ2) is 29.2. The van der Waals surface area contributed by atoms with Crippen molar-refractivity contribution in [1.82, 2.24) is 0 Å². The van der Waals surface area contributed by atoms with Crippen LogP contribution in [0.25, 0.3) is 0 Å². The van der Waals surface area contributed by atoms with Gasteiger partial charge in [-0.25, -0.2) is 0 Å². The summed E-state index contributed by atoms with van der Waals surface area (Å²) in [5, 5.41) is 0. The second-order valence-corrected chi connectivity index (χ2v) is 0. The van der Waals surface area contributed by atoms with Crippen LogP contribution in [-0.4, -0.2) is 51.1 Å². The van der Waals surface area contributed by atoms with Crippen molar-refractivity contribution in [3.05, 3.63) is 0 Å². The van der Waals surface area contributed by atoms with Gasteiger partial charge in [-0.15, -0.1) is 0 Å². The summed E-state index contributed by atoms with van der Waals surface area (Å²) in [5.74, 6) is 0. The van der Waals surface area contributed by atoms with Crippen LogP contribution in [0.1, 0.15) is 0 Å². The van der Waals surface area contributed by atoms with Crippen molar-refractivity contribution >= 4 is 45.6 Å². The molecule has 0 aliphatic rings. The average molecular weight is 322 g/mol. The maximum atomic E-state index is 0. The summed E-state index contributed by atoms with van der Waals surface area (Å²) in [5.41, 5.74) is 0. The zero-order chi connectivity index (χ0) is 0. The number of hydrogen-bond acceptors (Lipinski definition) is 0. The van der Waals surface area contributed by atoms with Gasteiger partial charge in [-0.2, -0.15) is 0 Å². The summed E-state index contributed by atoms with van der Waals surface area (Å²) < 4.78 is 0. The first kappa shape index (κ1) is 45.9. The van der Waals surface area contributed by atoms with E-state index in [4.69, 9.17) is 0 Å². The van der Waals surface area contributed by atoms with E-state index in [-0.39, 0.29) is 92.3 Å². The molecule has 0 aromatic heterocycles. The minimum absolute atomic E-state index is 0. The molecule has 0 unspecified atom stereocenters. The molecule has 0 aromatic rings. The van der Waals surface area contributed by atoms with Crippen molar-refractivity contribution in [2.75, 3.05) is 0 Å². The van der Waals surface area contributed by atoms with Crippen LogP contribution in [0, 0.1) is 0 Å². The van der Waals surface area contributed by atoms with Gasteiger partial charge in [0.05, 0.1) is 0 Å². The summed E-state index contributed by atoms with van der Waals surface area (Å²) in [6.45, 7) is 0. The Balaban J connectivity index is 0. The zero-order valence-corrected chi connectivity index (χ0v) is 6.24. The predicted octanol–water partition coefficient (Wildman–Crippen LogP) is -3.20. The van der Waals surface area contributed by atoms with Crippen molar-refractivity contribution in [3.63, 3.8) is 0 Å². The van der Waals surface area contributed by atoms with Gasteiger partial charge in [0.25, 0.3) is 0 Å². The van der Waals surface area contributed by atoms with E-state index in [0.717, 1.165) is 0 Å². The molecule has 0 atom stereocenters. The second-order valence-electron chi connectivity index (χ2n) is 0. The Bertz CT molecular complexity index is 11.6. The molecule has 0 aliphatic carbocycles. The summed E-state index contributed by atoms with van der Waals surface area (Å²) in [7, 11) is 0. The zero-order valence-electron chi connectivity index (χ0n) is 1.71. The number of rotatable bonds is 0. The van der Waals surface area contributed by atoms with E-state index < -0.39 is 0 Å². The third kappa shape index (κ3) is 20.0. The Hall–Kier alpha value is 2.80. The molecule has 0 rings (SSSR count). The van der Waals surface area contributed by atoms with Crippen LogP contribution >= 0.6 is 0 Å².